The highest BCUT2D eigenvalue weighted by atomic mass is 32.1. The molecule has 7 nitrogen and oxygen atoms in total. The summed E-state index contributed by atoms with van der Waals surface area (Å²) < 4.78 is 5.79. The number of nitrogens with zero attached hydrogens (tertiary/aromatic N) is 2. The molecule has 1 N–H and O–H groups in total. The SMILES string of the molecule is CC(=O)c1sc(NC(=O)CN2C(=O)C(C)(C)Oc3ccc(C)cc32)nc1C. The van der Waals surface area contributed by atoms with E-state index in [1.54, 1.807) is 26.8 Å². The Morgan fingerprint density at radius 1 is 1.30 bits per heavy atom. The van der Waals surface area contributed by atoms with E-state index in [-0.39, 0.29) is 18.2 Å². The number of aryl methyl sites for hydroxylation is 2. The minimum Gasteiger partial charge on any atom is -0.476 e. The second-order valence-corrected chi connectivity index (χ2v) is 8.01. The highest BCUT2D eigenvalue weighted by molar-refractivity contribution is 7.17. The molecule has 1 aromatic heterocycles. The second-order valence-electron chi connectivity index (χ2n) is 7.01. The van der Waals surface area contributed by atoms with Gasteiger partial charge in [-0.1, -0.05) is 17.4 Å². The van der Waals surface area contributed by atoms with Crippen molar-refractivity contribution in [3.8, 4) is 5.75 Å². The quantitative estimate of drug-likeness (QED) is 0.815. The van der Waals surface area contributed by atoms with Gasteiger partial charge >= 0.3 is 0 Å². The van der Waals surface area contributed by atoms with Crippen LogP contribution in [0.4, 0.5) is 10.8 Å². The smallest absolute Gasteiger partial charge is 0.271 e. The van der Waals surface area contributed by atoms with Crippen LogP contribution in [0.2, 0.25) is 0 Å². The van der Waals surface area contributed by atoms with Crippen molar-refractivity contribution >= 4 is 39.8 Å². The summed E-state index contributed by atoms with van der Waals surface area (Å²) in [4.78, 5) is 43.1. The Morgan fingerprint density at radius 3 is 2.63 bits per heavy atom. The highest BCUT2D eigenvalue weighted by Gasteiger charge is 2.41. The van der Waals surface area contributed by atoms with Crippen molar-refractivity contribution in [1.29, 1.82) is 0 Å². The van der Waals surface area contributed by atoms with Gasteiger partial charge in [-0.3, -0.25) is 19.3 Å². The van der Waals surface area contributed by atoms with Gasteiger partial charge in [0.2, 0.25) is 5.91 Å². The molecule has 2 aromatic rings. The van der Waals surface area contributed by atoms with E-state index < -0.39 is 11.5 Å². The molecule has 1 aromatic carbocycles. The molecular weight excluding hydrogens is 366 g/mol. The number of rotatable bonds is 4. The zero-order chi connectivity index (χ0) is 19.9. The number of carbonyl (C=O) groups is 3. The number of hydrogen-bond donors (Lipinski definition) is 1. The molecule has 8 heteroatoms. The lowest BCUT2D eigenvalue weighted by Crippen LogP contribution is -2.54. The standard InChI is InChI=1S/C19H21N3O4S/c1-10-6-7-14-13(8-10)22(17(25)19(4,5)26-14)9-15(24)21-18-20-11(2)16(27-18)12(3)23/h6-8H,9H2,1-5H3,(H,20,21,24). The van der Waals surface area contributed by atoms with Crippen LogP contribution in [-0.2, 0) is 9.59 Å². The molecular formula is C19H21N3O4S. The van der Waals surface area contributed by atoms with Crippen LogP contribution in [0.25, 0.3) is 0 Å². The van der Waals surface area contributed by atoms with Crippen LogP contribution in [0.5, 0.6) is 5.75 Å². The van der Waals surface area contributed by atoms with Crippen LogP contribution in [-0.4, -0.2) is 34.7 Å². The number of carbonyl (C=O) groups excluding carboxylic acids is 3. The van der Waals surface area contributed by atoms with E-state index in [0.29, 0.717) is 27.1 Å². The fraction of sp³-hybridized carbons (Fsp3) is 0.368. The summed E-state index contributed by atoms with van der Waals surface area (Å²) in [5.74, 6) is -0.227. The van der Waals surface area contributed by atoms with E-state index >= 15 is 0 Å². The van der Waals surface area contributed by atoms with Crippen molar-refractivity contribution in [3.05, 3.63) is 34.3 Å². The molecule has 0 spiro atoms. The third-order valence-corrected chi connectivity index (χ3v) is 5.37. The van der Waals surface area contributed by atoms with Crippen molar-refractivity contribution < 1.29 is 19.1 Å². The van der Waals surface area contributed by atoms with Gasteiger partial charge in [0, 0.05) is 6.92 Å². The number of aromatic nitrogens is 1. The molecule has 2 amide bonds. The first-order valence-electron chi connectivity index (χ1n) is 8.48. The van der Waals surface area contributed by atoms with E-state index in [2.05, 4.69) is 10.3 Å². The number of hydrogen-bond acceptors (Lipinski definition) is 6. The fourth-order valence-electron chi connectivity index (χ4n) is 2.91. The minimum absolute atomic E-state index is 0.0972. The number of Topliss-reactive ketones (excluding diaryl/α,β-unsaturated/α-hetero) is 1. The van der Waals surface area contributed by atoms with Crippen molar-refractivity contribution in [3.63, 3.8) is 0 Å². The minimum atomic E-state index is -1.07. The van der Waals surface area contributed by atoms with Gasteiger partial charge in [-0.05, 0) is 45.4 Å². The van der Waals surface area contributed by atoms with E-state index in [9.17, 15) is 14.4 Å². The summed E-state index contributed by atoms with van der Waals surface area (Å²) in [5, 5.41) is 3.02. The zero-order valence-corrected chi connectivity index (χ0v) is 16.7. The van der Waals surface area contributed by atoms with Gasteiger partial charge < -0.3 is 10.1 Å². The molecule has 0 aliphatic carbocycles. The second kappa shape index (κ2) is 6.77. The molecule has 0 saturated carbocycles. The number of ether oxygens (including phenoxy) is 1. The highest BCUT2D eigenvalue weighted by Crippen LogP contribution is 2.38. The number of thiazole rings is 1. The summed E-state index contributed by atoms with van der Waals surface area (Å²) in [6.45, 7) is 8.26. The Kier molecular flexibility index (Phi) is 4.77. The van der Waals surface area contributed by atoms with Crippen LogP contribution >= 0.6 is 11.3 Å². The Morgan fingerprint density at radius 2 is 2.00 bits per heavy atom. The van der Waals surface area contributed by atoms with E-state index in [4.69, 9.17) is 4.74 Å². The Bertz CT molecular complexity index is 948. The monoisotopic (exact) mass is 387 g/mol. The van der Waals surface area contributed by atoms with Gasteiger partial charge in [-0.2, -0.15) is 0 Å². The number of fused-ring (bicyclic) bond motifs is 1. The van der Waals surface area contributed by atoms with Gasteiger partial charge in [0.25, 0.3) is 5.91 Å². The third-order valence-electron chi connectivity index (χ3n) is 4.19. The van der Waals surface area contributed by atoms with Crippen molar-refractivity contribution in [2.75, 3.05) is 16.8 Å². The van der Waals surface area contributed by atoms with Gasteiger partial charge in [-0.15, -0.1) is 0 Å². The van der Waals surface area contributed by atoms with Gasteiger partial charge in [0.1, 0.15) is 12.3 Å². The van der Waals surface area contributed by atoms with Crippen LogP contribution in [0.15, 0.2) is 18.2 Å². The first-order chi connectivity index (χ1) is 12.6. The maximum absolute atomic E-state index is 12.8. The number of benzene rings is 1. The average molecular weight is 387 g/mol. The molecule has 1 aliphatic rings. The summed E-state index contributed by atoms with van der Waals surface area (Å²) in [5.41, 5.74) is 1.03. The molecule has 0 bridgehead atoms. The number of ketones is 1. The number of anilines is 2. The molecule has 2 heterocycles. The summed E-state index contributed by atoms with van der Waals surface area (Å²) in [6.07, 6.45) is 0. The van der Waals surface area contributed by atoms with Gasteiger partial charge in [0.15, 0.2) is 16.5 Å². The zero-order valence-electron chi connectivity index (χ0n) is 15.9. The lowest BCUT2D eigenvalue weighted by Gasteiger charge is -2.38. The van der Waals surface area contributed by atoms with E-state index in [1.165, 1.54) is 11.8 Å². The normalized spacial score (nSPS) is 15.1. The maximum Gasteiger partial charge on any atom is 0.271 e. The lowest BCUT2D eigenvalue weighted by atomic mass is 10.0. The first kappa shape index (κ1) is 19.0. The van der Waals surface area contributed by atoms with Crippen molar-refractivity contribution in [2.45, 2.75) is 40.2 Å². The van der Waals surface area contributed by atoms with Crippen molar-refractivity contribution in [2.24, 2.45) is 0 Å². The van der Waals surface area contributed by atoms with E-state index in [0.717, 1.165) is 16.9 Å². The van der Waals surface area contributed by atoms with Gasteiger partial charge in [0.05, 0.1) is 16.3 Å². The van der Waals surface area contributed by atoms with Crippen LogP contribution in [0, 0.1) is 13.8 Å². The van der Waals surface area contributed by atoms with Crippen LogP contribution < -0.4 is 15.0 Å². The molecule has 1 aliphatic heterocycles. The predicted molar refractivity (Wildman–Crippen MR) is 104 cm³/mol. The maximum atomic E-state index is 12.8. The lowest BCUT2D eigenvalue weighted by molar-refractivity contribution is -0.133. The van der Waals surface area contributed by atoms with Crippen LogP contribution in [0.1, 0.15) is 41.7 Å². The van der Waals surface area contributed by atoms with Crippen LogP contribution in [0.3, 0.4) is 0 Å². The fourth-order valence-corrected chi connectivity index (χ4v) is 3.79. The molecule has 0 fully saturated rings. The topological polar surface area (TPSA) is 88.6 Å². The predicted octanol–water partition coefficient (Wildman–Crippen LogP) is 3.11. The first-order valence-corrected chi connectivity index (χ1v) is 9.30. The molecule has 0 unspecified atom stereocenters. The molecule has 0 atom stereocenters. The number of amides is 2. The van der Waals surface area contributed by atoms with E-state index in [1.807, 2.05) is 19.1 Å². The largest absolute Gasteiger partial charge is 0.476 e. The Hall–Kier alpha value is -2.74. The Balaban J connectivity index is 1.84. The number of nitrogens with one attached hydrogen (secondary N) is 1. The van der Waals surface area contributed by atoms with Crippen molar-refractivity contribution in [1.82, 2.24) is 4.98 Å². The summed E-state index contributed by atoms with van der Waals surface area (Å²) in [6, 6.07) is 5.51. The summed E-state index contributed by atoms with van der Waals surface area (Å²) in [7, 11) is 0. The molecule has 142 valence electrons. The molecule has 27 heavy (non-hydrogen) atoms. The summed E-state index contributed by atoms with van der Waals surface area (Å²) >= 11 is 1.13. The molecule has 0 radical (unpaired) electrons. The molecule has 3 rings (SSSR count). The average Bonchev–Trinajstić information content (AvgIpc) is 2.93. The molecule has 0 saturated heterocycles. The third kappa shape index (κ3) is 3.71. The Labute approximate surface area is 161 Å². The van der Waals surface area contributed by atoms with Gasteiger partial charge in [-0.25, -0.2) is 4.98 Å².